The minimum absolute atomic E-state index is 0.0255. The second kappa shape index (κ2) is 8.93. The van der Waals surface area contributed by atoms with Crippen LogP contribution in [0.25, 0.3) is 0 Å². The van der Waals surface area contributed by atoms with Crippen LogP contribution in [0.1, 0.15) is 5.56 Å². The zero-order chi connectivity index (χ0) is 18.2. The lowest BCUT2D eigenvalue weighted by Crippen LogP contribution is -2.26. The number of nitrogens with one attached hydrogen (secondary N) is 2. The quantitative estimate of drug-likeness (QED) is 0.484. The monoisotopic (exact) mass is 407 g/mol. The number of ether oxygens (including phenoxy) is 2. The summed E-state index contributed by atoms with van der Waals surface area (Å²) in [4.78, 5) is 11.8. The number of aromatic hydroxyl groups is 1. The van der Waals surface area contributed by atoms with Crippen LogP contribution in [0.3, 0.4) is 0 Å². The van der Waals surface area contributed by atoms with Crippen molar-refractivity contribution in [2.45, 2.75) is 0 Å². The molecule has 0 saturated carbocycles. The Morgan fingerprint density at radius 3 is 2.72 bits per heavy atom. The fourth-order valence-corrected chi connectivity index (χ4v) is 2.69. The predicted molar refractivity (Wildman–Crippen MR) is 99.6 cm³/mol. The lowest BCUT2D eigenvalue weighted by Gasteiger charge is -2.09. The Morgan fingerprint density at radius 1 is 1.28 bits per heavy atom. The molecule has 7 nitrogen and oxygen atoms in total. The first kappa shape index (κ1) is 18.6. The van der Waals surface area contributed by atoms with Crippen molar-refractivity contribution in [1.29, 1.82) is 0 Å². The molecule has 8 heteroatoms. The van der Waals surface area contributed by atoms with E-state index in [9.17, 15) is 9.90 Å². The highest BCUT2D eigenvalue weighted by Gasteiger charge is 2.08. The average molecular weight is 408 g/mol. The number of methoxy groups -OCH3 is 2. The number of phenols is 1. The molecule has 3 N–H and O–H groups in total. The van der Waals surface area contributed by atoms with Crippen molar-refractivity contribution in [3.05, 3.63) is 46.4 Å². The maximum atomic E-state index is 11.8. The molecule has 0 radical (unpaired) electrons. The number of carbonyl (C=O) groups excluding carboxylic acids is 1. The highest BCUT2D eigenvalue weighted by molar-refractivity contribution is 9.10. The first-order valence-corrected chi connectivity index (χ1v) is 8.09. The van der Waals surface area contributed by atoms with Gasteiger partial charge in [0, 0.05) is 0 Å². The summed E-state index contributed by atoms with van der Waals surface area (Å²) >= 11 is 3.29. The van der Waals surface area contributed by atoms with Gasteiger partial charge >= 0.3 is 0 Å². The Morgan fingerprint density at radius 2 is 2.04 bits per heavy atom. The number of hydrogen-bond donors (Lipinski definition) is 3. The Balaban J connectivity index is 1.90. The summed E-state index contributed by atoms with van der Waals surface area (Å²) in [6.45, 7) is 0.0370. The fraction of sp³-hybridized carbons (Fsp3) is 0.176. The molecule has 0 aliphatic carbocycles. The molecule has 0 fully saturated rings. The Hall–Kier alpha value is -2.74. The largest absolute Gasteiger partial charge is 0.504 e. The summed E-state index contributed by atoms with van der Waals surface area (Å²) in [6.07, 6.45) is 1.42. The second-order valence-electron chi connectivity index (χ2n) is 4.90. The van der Waals surface area contributed by atoms with E-state index >= 15 is 0 Å². The number of amides is 1. The molecule has 0 spiro atoms. The highest BCUT2D eigenvalue weighted by atomic mass is 79.9. The van der Waals surface area contributed by atoms with E-state index in [1.165, 1.54) is 19.4 Å². The van der Waals surface area contributed by atoms with Gasteiger partial charge in [0.15, 0.2) is 11.5 Å². The number of nitrogens with zero attached hydrogens (tertiary/aromatic N) is 1. The van der Waals surface area contributed by atoms with Crippen LogP contribution in [-0.4, -0.2) is 38.0 Å². The third kappa shape index (κ3) is 5.12. The van der Waals surface area contributed by atoms with Gasteiger partial charge in [-0.3, -0.25) is 4.79 Å². The smallest absolute Gasteiger partial charge is 0.259 e. The molecule has 25 heavy (non-hydrogen) atoms. The lowest BCUT2D eigenvalue weighted by molar-refractivity contribution is -0.119. The summed E-state index contributed by atoms with van der Waals surface area (Å²) < 4.78 is 10.8. The first-order chi connectivity index (χ1) is 12.0. The van der Waals surface area contributed by atoms with Gasteiger partial charge < -0.3 is 19.9 Å². The van der Waals surface area contributed by atoms with E-state index in [2.05, 4.69) is 31.8 Å². The number of halogens is 1. The highest BCUT2D eigenvalue weighted by Crippen LogP contribution is 2.34. The SMILES string of the molecule is COc1ccccc1NCC(=O)N/N=C\c1cc(O)c(OC)c(Br)c1. The normalized spacial score (nSPS) is 10.5. The molecule has 0 saturated heterocycles. The second-order valence-corrected chi connectivity index (χ2v) is 5.76. The molecule has 2 aromatic rings. The zero-order valence-corrected chi connectivity index (χ0v) is 15.3. The number of para-hydroxylation sites is 2. The molecular formula is C17H18BrN3O4. The van der Waals surface area contributed by atoms with Gasteiger partial charge in [0.2, 0.25) is 0 Å². The first-order valence-electron chi connectivity index (χ1n) is 7.30. The van der Waals surface area contributed by atoms with Crippen LogP contribution in [0, 0.1) is 0 Å². The van der Waals surface area contributed by atoms with Crippen molar-refractivity contribution in [2.24, 2.45) is 5.10 Å². The van der Waals surface area contributed by atoms with E-state index in [-0.39, 0.29) is 18.2 Å². The van der Waals surface area contributed by atoms with Crippen molar-refractivity contribution in [3.63, 3.8) is 0 Å². The van der Waals surface area contributed by atoms with Crippen LogP contribution in [0.5, 0.6) is 17.2 Å². The van der Waals surface area contributed by atoms with Crippen LogP contribution in [0.4, 0.5) is 5.69 Å². The van der Waals surface area contributed by atoms with E-state index < -0.39 is 0 Å². The van der Waals surface area contributed by atoms with Crippen molar-refractivity contribution in [1.82, 2.24) is 5.43 Å². The Bertz CT molecular complexity index is 757. The van der Waals surface area contributed by atoms with Crippen LogP contribution in [-0.2, 0) is 4.79 Å². The van der Waals surface area contributed by atoms with Crippen LogP contribution in [0.2, 0.25) is 0 Å². The summed E-state index contributed by atoms with van der Waals surface area (Å²) in [5.41, 5.74) is 3.72. The van der Waals surface area contributed by atoms with Crippen LogP contribution >= 0.6 is 15.9 Å². The standard InChI is InChI=1S/C17H18BrN3O4/c1-24-15-6-4-3-5-13(15)19-10-16(23)21-20-9-11-7-12(18)17(25-2)14(22)8-11/h3-9,19,22H,10H2,1-2H3,(H,21,23)/b20-9-. The molecule has 2 rings (SSSR count). The minimum Gasteiger partial charge on any atom is -0.504 e. The Kier molecular flexibility index (Phi) is 6.64. The number of anilines is 1. The molecule has 0 unspecified atom stereocenters. The van der Waals surface area contributed by atoms with Gasteiger partial charge in [0.1, 0.15) is 5.75 Å². The molecule has 0 aliphatic heterocycles. The van der Waals surface area contributed by atoms with Crippen molar-refractivity contribution in [3.8, 4) is 17.2 Å². The zero-order valence-electron chi connectivity index (χ0n) is 13.7. The summed E-state index contributed by atoms with van der Waals surface area (Å²) in [7, 11) is 3.02. The number of rotatable bonds is 7. The molecule has 0 aromatic heterocycles. The maximum Gasteiger partial charge on any atom is 0.259 e. The van der Waals surface area contributed by atoms with Crippen molar-refractivity contribution in [2.75, 3.05) is 26.1 Å². The topological polar surface area (TPSA) is 92.2 Å². The van der Waals surface area contributed by atoms with Gasteiger partial charge in [-0.05, 0) is 45.8 Å². The number of hydrazone groups is 1. The third-order valence-electron chi connectivity index (χ3n) is 3.20. The molecule has 0 atom stereocenters. The average Bonchev–Trinajstić information content (AvgIpc) is 2.60. The molecule has 0 bridgehead atoms. The van der Waals surface area contributed by atoms with Gasteiger partial charge in [-0.2, -0.15) is 5.10 Å². The lowest BCUT2D eigenvalue weighted by atomic mass is 10.2. The predicted octanol–water partition coefficient (Wildman–Crippen LogP) is 2.73. The van der Waals surface area contributed by atoms with E-state index in [0.717, 1.165) is 0 Å². The molecule has 0 heterocycles. The van der Waals surface area contributed by atoms with Gasteiger partial charge in [-0.15, -0.1) is 0 Å². The summed E-state index contributed by atoms with van der Waals surface area (Å²) in [5, 5.41) is 16.7. The summed E-state index contributed by atoms with van der Waals surface area (Å²) in [6, 6.07) is 10.5. The molecule has 2 aromatic carbocycles. The Labute approximate surface area is 153 Å². The maximum absolute atomic E-state index is 11.8. The fourth-order valence-electron chi connectivity index (χ4n) is 2.06. The van der Waals surface area contributed by atoms with Gasteiger partial charge in [0.25, 0.3) is 5.91 Å². The van der Waals surface area contributed by atoms with E-state index in [0.29, 0.717) is 27.2 Å². The van der Waals surface area contributed by atoms with Gasteiger partial charge in [-0.25, -0.2) is 5.43 Å². The van der Waals surface area contributed by atoms with Gasteiger partial charge in [0.05, 0.1) is 37.1 Å². The molecule has 0 aliphatic rings. The summed E-state index contributed by atoms with van der Waals surface area (Å²) in [5.74, 6) is 0.640. The number of benzene rings is 2. The number of hydrogen-bond acceptors (Lipinski definition) is 6. The van der Waals surface area contributed by atoms with Crippen molar-refractivity contribution >= 4 is 33.7 Å². The van der Waals surface area contributed by atoms with E-state index in [4.69, 9.17) is 9.47 Å². The van der Waals surface area contributed by atoms with Crippen LogP contribution in [0.15, 0.2) is 46.0 Å². The van der Waals surface area contributed by atoms with E-state index in [1.807, 2.05) is 18.2 Å². The number of phenolic OH excluding ortho intramolecular Hbond substituents is 1. The van der Waals surface area contributed by atoms with E-state index in [1.54, 1.807) is 19.2 Å². The van der Waals surface area contributed by atoms with Crippen molar-refractivity contribution < 1.29 is 19.4 Å². The number of carbonyl (C=O) groups is 1. The third-order valence-corrected chi connectivity index (χ3v) is 3.79. The molecule has 1 amide bonds. The van der Waals surface area contributed by atoms with Crippen LogP contribution < -0.4 is 20.2 Å². The van der Waals surface area contributed by atoms with Gasteiger partial charge in [-0.1, -0.05) is 12.1 Å². The minimum atomic E-state index is -0.320. The molecular weight excluding hydrogens is 390 g/mol. The molecule has 132 valence electrons.